The zero-order valence-corrected chi connectivity index (χ0v) is 11.2. The molecule has 0 radical (unpaired) electrons. The minimum atomic E-state index is -3.55. The summed E-state index contributed by atoms with van der Waals surface area (Å²) in [6.07, 6.45) is 0.432. The van der Waals surface area contributed by atoms with Gasteiger partial charge in [-0.2, -0.15) is 4.39 Å². The second-order valence-corrected chi connectivity index (χ2v) is 5.88. The van der Waals surface area contributed by atoms with E-state index >= 15 is 0 Å². The lowest BCUT2D eigenvalue weighted by molar-refractivity contribution is 0.468. The summed E-state index contributed by atoms with van der Waals surface area (Å²) in [6, 6.07) is 2.31. The van der Waals surface area contributed by atoms with Crippen LogP contribution in [0.1, 0.15) is 12.8 Å². The third kappa shape index (κ3) is 4.95. The van der Waals surface area contributed by atoms with Crippen LogP contribution < -0.4 is 4.72 Å². The summed E-state index contributed by atoms with van der Waals surface area (Å²) >= 11 is 2.94. The molecule has 0 aliphatic carbocycles. The number of hydrogen-bond donors (Lipinski definition) is 1. The van der Waals surface area contributed by atoms with E-state index in [1.165, 1.54) is 6.07 Å². The van der Waals surface area contributed by atoms with E-state index in [4.69, 9.17) is 0 Å². The van der Waals surface area contributed by atoms with Gasteiger partial charge in [0.05, 0.1) is 18.1 Å². The molecule has 0 aliphatic rings. The standard InChI is InChI=1S/C9H11BrF2N2O2S/c10-9-7(3-4-8(12)13-9)14-17(15,16)6-2-1-5-11/h3-4,14H,1-2,5-6H2. The van der Waals surface area contributed by atoms with Crippen LogP contribution in [0.3, 0.4) is 0 Å². The van der Waals surface area contributed by atoms with E-state index < -0.39 is 22.6 Å². The van der Waals surface area contributed by atoms with Gasteiger partial charge in [-0.3, -0.25) is 9.11 Å². The van der Waals surface area contributed by atoms with Crippen LogP contribution in [0.2, 0.25) is 0 Å². The quantitative estimate of drug-likeness (QED) is 0.644. The van der Waals surface area contributed by atoms with Crippen molar-refractivity contribution in [3.63, 3.8) is 0 Å². The van der Waals surface area contributed by atoms with Gasteiger partial charge in [0, 0.05) is 0 Å². The highest BCUT2D eigenvalue weighted by Gasteiger charge is 2.13. The summed E-state index contributed by atoms with van der Waals surface area (Å²) in [5.41, 5.74) is 0.159. The lowest BCUT2D eigenvalue weighted by Crippen LogP contribution is -2.17. The van der Waals surface area contributed by atoms with Gasteiger partial charge in [-0.15, -0.1) is 0 Å². The number of hydrogen-bond acceptors (Lipinski definition) is 3. The molecule has 0 atom stereocenters. The number of rotatable bonds is 6. The Kier molecular flexibility index (Phi) is 5.26. The molecule has 0 aliphatic heterocycles. The molecule has 0 amide bonds. The minimum Gasteiger partial charge on any atom is -0.281 e. The molecule has 0 aromatic carbocycles. The highest BCUT2D eigenvalue weighted by molar-refractivity contribution is 9.10. The maximum absolute atomic E-state index is 12.7. The van der Waals surface area contributed by atoms with E-state index in [1.807, 2.05) is 0 Å². The summed E-state index contributed by atoms with van der Waals surface area (Å²) in [5.74, 6) is -0.891. The van der Waals surface area contributed by atoms with Gasteiger partial charge in [0.2, 0.25) is 16.0 Å². The van der Waals surface area contributed by atoms with E-state index in [2.05, 4.69) is 25.6 Å². The van der Waals surface area contributed by atoms with E-state index in [1.54, 1.807) is 0 Å². The average molecular weight is 329 g/mol. The maximum Gasteiger partial charge on any atom is 0.232 e. The SMILES string of the molecule is O=S(=O)(CCCCF)Nc1ccc(F)nc1Br. The van der Waals surface area contributed by atoms with Crippen LogP contribution in [0.15, 0.2) is 16.7 Å². The van der Waals surface area contributed by atoms with E-state index in [9.17, 15) is 17.2 Å². The van der Waals surface area contributed by atoms with Crippen LogP contribution >= 0.6 is 15.9 Å². The molecule has 1 N–H and O–H groups in total. The van der Waals surface area contributed by atoms with Crippen molar-refractivity contribution in [1.82, 2.24) is 4.98 Å². The predicted molar refractivity (Wildman–Crippen MR) is 64.5 cm³/mol. The van der Waals surface area contributed by atoms with Crippen LogP contribution in [0, 0.1) is 5.95 Å². The first-order chi connectivity index (χ1) is 7.94. The highest BCUT2D eigenvalue weighted by atomic mass is 79.9. The number of sulfonamides is 1. The first kappa shape index (κ1) is 14.3. The number of pyridine rings is 1. The smallest absolute Gasteiger partial charge is 0.232 e. The Labute approximate surface area is 107 Å². The fourth-order valence-corrected chi connectivity index (χ4v) is 2.81. The number of anilines is 1. The third-order valence-electron chi connectivity index (χ3n) is 1.88. The number of halogens is 3. The molecule has 4 nitrogen and oxygen atoms in total. The molecule has 1 heterocycles. The molecule has 96 valence electrons. The van der Waals surface area contributed by atoms with Crippen molar-refractivity contribution in [3.05, 3.63) is 22.7 Å². The van der Waals surface area contributed by atoms with Gasteiger partial charge in [0.25, 0.3) is 0 Å². The normalized spacial score (nSPS) is 11.5. The van der Waals surface area contributed by atoms with Crippen LogP contribution in [0.4, 0.5) is 14.5 Å². The van der Waals surface area contributed by atoms with Gasteiger partial charge in [-0.25, -0.2) is 13.4 Å². The number of alkyl halides is 1. The first-order valence-corrected chi connectivity index (χ1v) is 7.27. The van der Waals surface area contributed by atoms with Gasteiger partial charge in [-0.1, -0.05) is 0 Å². The van der Waals surface area contributed by atoms with Crippen molar-refractivity contribution < 1.29 is 17.2 Å². The summed E-state index contributed by atoms with van der Waals surface area (Å²) in [4.78, 5) is 3.42. The van der Waals surface area contributed by atoms with Crippen molar-refractivity contribution in [2.45, 2.75) is 12.8 Å². The van der Waals surface area contributed by atoms with Crippen molar-refractivity contribution >= 4 is 31.6 Å². The van der Waals surface area contributed by atoms with E-state index in [0.717, 1.165) is 6.07 Å². The van der Waals surface area contributed by atoms with Crippen LogP contribution in [0.25, 0.3) is 0 Å². The Morgan fingerprint density at radius 1 is 1.35 bits per heavy atom. The van der Waals surface area contributed by atoms with Gasteiger partial charge in [-0.05, 0) is 40.9 Å². The molecule has 0 spiro atoms. The third-order valence-corrected chi connectivity index (χ3v) is 3.84. The zero-order valence-electron chi connectivity index (χ0n) is 8.79. The lowest BCUT2D eigenvalue weighted by atomic mass is 10.4. The molecule has 0 unspecified atom stereocenters. The number of aromatic nitrogens is 1. The molecule has 17 heavy (non-hydrogen) atoms. The molecule has 1 aromatic heterocycles. The molecule has 1 aromatic rings. The Balaban J connectivity index is 2.69. The van der Waals surface area contributed by atoms with Crippen LogP contribution in [-0.2, 0) is 10.0 Å². The Hall–Kier alpha value is -0.760. The van der Waals surface area contributed by atoms with Crippen LogP contribution in [0.5, 0.6) is 0 Å². The monoisotopic (exact) mass is 328 g/mol. The Morgan fingerprint density at radius 3 is 2.65 bits per heavy atom. The van der Waals surface area contributed by atoms with Gasteiger partial charge >= 0.3 is 0 Å². The number of nitrogens with zero attached hydrogens (tertiary/aromatic N) is 1. The van der Waals surface area contributed by atoms with Gasteiger partial charge < -0.3 is 0 Å². The highest BCUT2D eigenvalue weighted by Crippen LogP contribution is 2.21. The second kappa shape index (κ2) is 6.25. The van der Waals surface area contributed by atoms with Crippen molar-refractivity contribution in [2.75, 3.05) is 17.1 Å². The first-order valence-electron chi connectivity index (χ1n) is 4.83. The molecule has 0 bridgehead atoms. The Morgan fingerprint density at radius 2 is 2.06 bits per heavy atom. The topological polar surface area (TPSA) is 59.1 Å². The fraction of sp³-hybridized carbons (Fsp3) is 0.444. The largest absolute Gasteiger partial charge is 0.281 e. The average Bonchev–Trinajstić information content (AvgIpc) is 2.22. The molecule has 0 fully saturated rings. The van der Waals surface area contributed by atoms with Crippen molar-refractivity contribution in [2.24, 2.45) is 0 Å². The van der Waals surface area contributed by atoms with Gasteiger partial charge in [0.1, 0.15) is 4.60 Å². The van der Waals surface area contributed by atoms with E-state index in [0.29, 0.717) is 0 Å². The number of unbranched alkanes of at least 4 members (excludes halogenated alkanes) is 1. The predicted octanol–water partition coefficient (Wildman–Crippen LogP) is 2.47. The molecular formula is C9H11BrF2N2O2S. The number of nitrogens with one attached hydrogen (secondary N) is 1. The molecule has 0 saturated carbocycles. The second-order valence-electron chi connectivity index (χ2n) is 3.29. The minimum absolute atomic E-state index is 0.0755. The van der Waals surface area contributed by atoms with Crippen molar-refractivity contribution in [3.8, 4) is 0 Å². The van der Waals surface area contributed by atoms with Crippen molar-refractivity contribution in [1.29, 1.82) is 0 Å². The molecule has 0 saturated heterocycles. The summed E-state index contributed by atoms with van der Waals surface area (Å²) in [5, 5.41) is 0. The van der Waals surface area contributed by atoms with E-state index in [-0.39, 0.29) is 28.9 Å². The summed E-state index contributed by atoms with van der Waals surface area (Å²) in [6.45, 7) is -0.544. The zero-order chi connectivity index (χ0) is 12.9. The van der Waals surface area contributed by atoms with Gasteiger partial charge in [0.15, 0.2) is 0 Å². The molecular weight excluding hydrogens is 318 g/mol. The van der Waals surface area contributed by atoms with Crippen LogP contribution in [-0.4, -0.2) is 25.8 Å². The summed E-state index contributed by atoms with van der Waals surface area (Å²) in [7, 11) is -3.55. The molecule has 1 rings (SSSR count). The summed E-state index contributed by atoms with van der Waals surface area (Å²) < 4.78 is 49.9. The fourth-order valence-electron chi connectivity index (χ4n) is 1.09. The lowest BCUT2D eigenvalue weighted by Gasteiger charge is -2.08. The maximum atomic E-state index is 12.7. The Bertz CT molecular complexity index is 482. The molecule has 8 heteroatoms.